The maximum atomic E-state index is 12.0. The van der Waals surface area contributed by atoms with Crippen LogP contribution in [-0.2, 0) is 14.3 Å². The van der Waals surface area contributed by atoms with Crippen molar-refractivity contribution in [2.75, 3.05) is 44.5 Å². The Kier molecular flexibility index (Phi) is 4.64. The van der Waals surface area contributed by atoms with Crippen LogP contribution in [-0.4, -0.2) is 51.8 Å². The monoisotopic (exact) mass is 293 g/mol. The average Bonchev–Trinajstić information content (AvgIpc) is 2.53. The Hall–Kier alpha value is -2.28. The Morgan fingerprint density at radius 3 is 2.90 bits per heavy atom. The zero-order valence-corrected chi connectivity index (χ0v) is 12.1. The van der Waals surface area contributed by atoms with Crippen LogP contribution in [0.25, 0.3) is 0 Å². The lowest BCUT2D eigenvalue weighted by Crippen LogP contribution is -2.53. The number of nitrogens with two attached hydrogens (primary N) is 1. The molecule has 0 spiro atoms. The van der Waals surface area contributed by atoms with E-state index in [2.05, 4.69) is 5.32 Å². The number of anilines is 2. The topological polar surface area (TPSA) is 93.9 Å². The molecule has 1 aromatic rings. The fourth-order valence-corrected chi connectivity index (χ4v) is 2.37. The molecule has 1 saturated heterocycles. The zero-order valence-electron chi connectivity index (χ0n) is 12.1. The molecule has 1 unspecified atom stereocenters. The molecular weight excluding hydrogens is 274 g/mol. The van der Waals surface area contributed by atoms with Crippen LogP contribution >= 0.6 is 0 Å². The number of benzene rings is 1. The normalized spacial score (nSPS) is 18.2. The van der Waals surface area contributed by atoms with Gasteiger partial charge in [-0.1, -0.05) is 6.07 Å². The number of likely N-dealkylation sites (N-methyl/N-ethyl adjacent to an activating group) is 1. The number of methoxy groups -OCH3 is 1. The lowest BCUT2D eigenvalue weighted by Gasteiger charge is -2.36. The number of hydrogen-bond donors (Lipinski definition) is 2. The van der Waals surface area contributed by atoms with E-state index >= 15 is 0 Å². The molecule has 1 amide bonds. The molecule has 0 radical (unpaired) electrons. The Labute approximate surface area is 123 Å². The predicted molar refractivity (Wildman–Crippen MR) is 78.2 cm³/mol. The molecule has 0 bridgehead atoms. The van der Waals surface area contributed by atoms with E-state index in [1.54, 1.807) is 25.2 Å². The van der Waals surface area contributed by atoms with Gasteiger partial charge in [0.2, 0.25) is 5.91 Å². The van der Waals surface area contributed by atoms with Gasteiger partial charge in [0.15, 0.2) is 0 Å². The molecule has 0 saturated carbocycles. The average molecular weight is 293 g/mol. The van der Waals surface area contributed by atoms with Gasteiger partial charge in [-0.3, -0.25) is 4.79 Å². The largest absolute Gasteiger partial charge is 0.465 e. The van der Waals surface area contributed by atoms with Gasteiger partial charge in [0.25, 0.3) is 0 Å². The molecule has 1 aliphatic heterocycles. The van der Waals surface area contributed by atoms with Crippen molar-refractivity contribution < 1.29 is 19.1 Å². The third-order valence-corrected chi connectivity index (χ3v) is 3.48. The standard InChI is InChI=1S/C14H19N3O4/c1-16-13(18)11-8-21-7-6-17(11)10-5-3-4-9(12(10)15)14(19)20-2/h3-5,11H,6-8,15H2,1-2H3,(H,16,18). The summed E-state index contributed by atoms with van der Waals surface area (Å²) < 4.78 is 10.1. The molecule has 1 heterocycles. The van der Waals surface area contributed by atoms with E-state index in [0.717, 1.165) is 0 Å². The highest BCUT2D eigenvalue weighted by Crippen LogP contribution is 2.29. The van der Waals surface area contributed by atoms with Crippen molar-refractivity contribution in [1.29, 1.82) is 0 Å². The van der Waals surface area contributed by atoms with Gasteiger partial charge in [-0.25, -0.2) is 4.79 Å². The molecule has 2 rings (SSSR count). The van der Waals surface area contributed by atoms with Crippen LogP contribution < -0.4 is 16.0 Å². The van der Waals surface area contributed by atoms with E-state index in [-0.39, 0.29) is 18.1 Å². The molecule has 21 heavy (non-hydrogen) atoms. The molecule has 7 nitrogen and oxygen atoms in total. The third-order valence-electron chi connectivity index (χ3n) is 3.48. The van der Waals surface area contributed by atoms with Gasteiger partial charge in [-0.2, -0.15) is 0 Å². The first-order valence-electron chi connectivity index (χ1n) is 6.63. The first-order valence-corrected chi connectivity index (χ1v) is 6.63. The smallest absolute Gasteiger partial charge is 0.340 e. The van der Waals surface area contributed by atoms with Crippen LogP contribution in [0, 0.1) is 0 Å². The number of esters is 1. The molecule has 3 N–H and O–H groups in total. The SMILES string of the molecule is CNC(=O)C1COCCN1c1cccc(C(=O)OC)c1N. The quantitative estimate of drug-likeness (QED) is 0.602. The van der Waals surface area contributed by atoms with Gasteiger partial charge in [0.05, 0.1) is 37.3 Å². The van der Waals surface area contributed by atoms with E-state index in [1.165, 1.54) is 7.11 Å². The second-order valence-electron chi connectivity index (χ2n) is 4.63. The summed E-state index contributed by atoms with van der Waals surface area (Å²) >= 11 is 0. The fraction of sp³-hybridized carbons (Fsp3) is 0.429. The van der Waals surface area contributed by atoms with Gasteiger partial charge in [-0.15, -0.1) is 0 Å². The van der Waals surface area contributed by atoms with Crippen LogP contribution in [0.2, 0.25) is 0 Å². The summed E-state index contributed by atoms with van der Waals surface area (Å²) in [6.45, 7) is 1.30. The summed E-state index contributed by atoms with van der Waals surface area (Å²) in [5.41, 5.74) is 7.31. The number of hydrogen-bond acceptors (Lipinski definition) is 6. The third kappa shape index (κ3) is 2.92. The summed E-state index contributed by atoms with van der Waals surface area (Å²) in [6, 6.07) is 4.62. The van der Waals surface area contributed by atoms with Crippen molar-refractivity contribution in [3.8, 4) is 0 Å². The highest BCUT2D eigenvalue weighted by molar-refractivity contribution is 5.99. The Morgan fingerprint density at radius 2 is 2.24 bits per heavy atom. The van der Waals surface area contributed by atoms with Gasteiger partial charge in [-0.05, 0) is 12.1 Å². The molecule has 7 heteroatoms. The number of morpholine rings is 1. The van der Waals surface area contributed by atoms with Crippen LogP contribution in [0.15, 0.2) is 18.2 Å². The number of carbonyl (C=O) groups excluding carboxylic acids is 2. The molecule has 1 aromatic carbocycles. The van der Waals surface area contributed by atoms with Gasteiger partial charge in [0.1, 0.15) is 6.04 Å². The number of amides is 1. The van der Waals surface area contributed by atoms with E-state index < -0.39 is 12.0 Å². The minimum atomic E-state index is -0.501. The first kappa shape index (κ1) is 15.1. The Bertz CT molecular complexity index is 547. The predicted octanol–water partition coefficient (Wildman–Crippen LogP) is 0.00660. The van der Waals surface area contributed by atoms with Gasteiger partial charge in [0, 0.05) is 13.6 Å². The van der Waals surface area contributed by atoms with Crippen molar-refractivity contribution in [1.82, 2.24) is 5.32 Å². The molecule has 1 aliphatic rings. The second-order valence-corrected chi connectivity index (χ2v) is 4.63. The Balaban J connectivity index is 2.39. The van der Waals surface area contributed by atoms with Crippen molar-refractivity contribution in [2.45, 2.75) is 6.04 Å². The summed E-state index contributed by atoms with van der Waals surface area (Å²) in [7, 11) is 2.87. The highest BCUT2D eigenvalue weighted by atomic mass is 16.5. The van der Waals surface area contributed by atoms with E-state index in [4.69, 9.17) is 15.2 Å². The van der Waals surface area contributed by atoms with Gasteiger partial charge < -0.3 is 25.4 Å². The minimum Gasteiger partial charge on any atom is -0.465 e. The van der Waals surface area contributed by atoms with E-state index in [1.807, 2.05) is 4.90 Å². The number of nitrogen functional groups attached to an aromatic ring is 1. The maximum Gasteiger partial charge on any atom is 0.340 e. The fourth-order valence-electron chi connectivity index (χ4n) is 2.37. The van der Waals surface area contributed by atoms with Gasteiger partial charge >= 0.3 is 5.97 Å². The van der Waals surface area contributed by atoms with E-state index in [9.17, 15) is 9.59 Å². The van der Waals surface area contributed by atoms with Crippen molar-refractivity contribution in [3.63, 3.8) is 0 Å². The van der Waals surface area contributed by atoms with Crippen LogP contribution in [0.1, 0.15) is 10.4 Å². The summed E-state index contributed by atoms with van der Waals surface area (Å²) in [5, 5.41) is 2.61. The number of nitrogens with zero attached hydrogens (tertiary/aromatic N) is 1. The number of rotatable bonds is 3. The Morgan fingerprint density at radius 1 is 1.48 bits per heavy atom. The number of nitrogens with one attached hydrogen (secondary N) is 1. The number of para-hydroxylation sites is 1. The van der Waals surface area contributed by atoms with Crippen molar-refractivity contribution in [2.24, 2.45) is 0 Å². The molecular formula is C14H19N3O4. The molecule has 1 atom stereocenters. The van der Waals surface area contributed by atoms with Crippen LogP contribution in [0.4, 0.5) is 11.4 Å². The van der Waals surface area contributed by atoms with Crippen LogP contribution in [0.3, 0.4) is 0 Å². The molecule has 114 valence electrons. The summed E-state index contributed by atoms with van der Waals surface area (Å²) in [4.78, 5) is 25.5. The number of ether oxygens (including phenoxy) is 2. The zero-order chi connectivity index (χ0) is 15.4. The lowest BCUT2D eigenvalue weighted by atomic mass is 10.1. The minimum absolute atomic E-state index is 0.155. The summed E-state index contributed by atoms with van der Waals surface area (Å²) in [5.74, 6) is -0.656. The first-order chi connectivity index (χ1) is 10.1. The highest BCUT2D eigenvalue weighted by Gasteiger charge is 2.30. The maximum absolute atomic E-state index is 12.0. The summed E-state index contributed by atoms with van der Waals surface area (Å²) in [6.07, 6.45) is 0. The van der Waals surface area contributed by atoms with E-state index in [0.29, 0.717) is 24.5 Å². The molecule has 0 aliphatic carbocycles. The molecule has 1 fully saturated rings. The molecule has 0 aromatic heterocycles. The van der Waals surface area contributed by atoms with Crippen molar-refractivity contribution in [3.05, 3.63) is 23.8 Å². The number of carbonyl (C=O) groups is 2. The lowest BCUT2D eigenvalue weighted by molar-refractivity contribution is -0.124. The second kappa shape index (κ2) is 6.45. The van der Waals surface area contributed by atoms with Crippen molar-refractivity contribution >= 4 is 23.3 Å². The van der Waals surface area contributed by atoms with Crippen LogP contribution in [0.5, 0.6) is 0 Å².